The summed E-state index contributed by atoms with van der Waals surface area (Å²) in [5, 5.41) is 5.77. The van der Waals surface area contributed by atoms with Crippen LogP contribution in [0, 0.1) is 6.92 Å². The zero-order chi connectivity index (χ0) is 17.6. The molecule has 0 radical (unpaired) electrons. The lowest BCUT2D eigenvalue weighted by Crippen LogP contribution is -2.46. The van der Waals surface area contributed by atoms with E-state index in [1.54, 1.807) is 4.90 Å². The van der Waals surface area contributed by atoms with E-state index in [0.717, 1.165) is 44.1 Å². The molecule has 0 aromatic heterocycles. The minimum absolute atomic E-state index is 0.0440. The van der Waals surface area contributed by atoms with Crippen molar-refractivity contribution in [1.82, 2.24) is 15.5 Å². The molecule has 2 heterocycles. The molecule has 2 fully saturated rings. The number of benzene rings is 1. The van der Waals surface area contributed by atoms with Crippen molar-refractivity contribution in [3.05, 3.63) is 29.8 Å². The van der Waals surface area contributed by atoms with E-state index in [2.05, 4.69) is 15.5 Å². The van der Waals surface area contributed by atoms with Gasteiger partial charge in [0.05, 0.1) is 19.3 Å². The maximum Gasteiger partial charge on any atom is 0.315 e. The minimum atomic E-state index is -0.211. The predicted molar refractivity (Wildman–Crippen MR) is 95.7 cm³/mol. The zero-order valence-electron chi connectivity index (χ0n) is 14.7. The summed E-state index contributed by atoms with van der Waals surface area (Å²) in [6.45, 7) is 7.26. The van der Waals surface area contributed by atoms with Crippen molar-refractivity contribution in [2.24, 2.45) is 0 Å². The zero-order valence-corrected chi connectivity index (χ0v) is 14.7. The maximum absolute atomic E-state index is 12.2. The molecule has 7 nitrogen and oxygen atoms in total. The monoisotopic (exact) mass is 346 g/mol. The average Bonchev–Trinajstić information content (AvgIpc) is 2.96. The van der Waals surface area contributed by atoms with Crippen LogP contribution in [-0.4, -0.2) is 68.8 Å². The molecule has 2 aliphatic heterocycles. The Kier molecular flexibility index (Phi) is 5.88. The van der Waals surface area contributed by atoms with Crippen molar-refractivity contribution >= 4 is 17.6 Å². The molecule has 7 heteroatoms. The number of hydrogen-bond acceptors (Lipinski definition) is 4. The van der Waals surface area contributed by atoms with Crippen LogP contribution in [-0.2, 0) is 9.53 Å². The molecule has 2 saturated heterocycles. The van der Waals surface area contributed by atoms with Crippen LogP contribution in [0.2, 0.25) is 0 Å². The number of carbonyl (C=O) groups excluding carboxylic acids is 2. The molecule has 1 atom stereocenters. The van der Waals surface area contributed by atoms with Gasteiger partial charge in [0.1, 0.15) is 0 Å². The number of amides is 3. The Morgan fingerprint density at radius 1 is 1.24 bits per heavy atom. The number of carbonyl (C=O) groups is 2. The molecule has 1 aromatic carbocycles. The third kappa shape index (κ3) is 4.93. The normalized spacial score (nSPS) is 21.4. The summed E-state index contributed by atoms with van der Waals surface area (Å²) in [4.78, 5) is 28.2. The molecule has 136 valence electrons. The molecule has 1 unspecified atom stereocenters. The first kappa shape index (κ1) is 17.7. The second-order valence-corrected chi connectivity index (χ2v) is 6.60. The molecule has 0 bridgehead atoms. The van der Waals surface area contributed by atoms with Crippen LogP contribution in [0.15, 0.2) is 24.3 Å². The number of nitrogens with zero attached hydrogens (tertiary/aromatic N) is 2. The van der Waals surface area contributed by atoms with Gasteiger partial charge in [0.15, 0.2) is 0 Å². The van der Waals surface area contributed by atoms with E-state index in [0.29, 0.717) is 19.5 Å². The first-order valence-electron chi connectivity index (χ1n) is 8.83. The predicted octanol–water partition coefficient (Wildman–Crippen LogP) is 0.732. The van der Waals surface area contributed by atoms with E-state index in [-0.39, 0.29) is 18.0 Å². The fourth-order valence-corrected chi connectivity index (χ4v) is 3.17. The first-order valence-corrected chi connectivity index (χ1v) is 8.83. The molecule has 0 aliphatic carbocycles. The number of ether oxygens (including phenoxy) is 1. The molecule has 0 spiro atoms. The highest BCUT2D eigenvalue weighted by Crippen LogP contribution is 2.21. The molecule has 25 heavy (non-hydrogen) atoms. The largest absolute Gasteiger partial charge is 0.379 e. The van der Waals surface area contributed by atoms with E-state index < -0.39 is 0 Å². The topological polar surface area (TPSA) is 73.9 Å². The Hall–Kier alpha value is -2.12. The average molecular weight is 346 g/mol. The molecular weight excluding hydrogens is 320 g/mol. The van der Waals surface area contributed by atoms with Gasteiger partial charge in [0, 0.05) is 44.8 Å². The van der Waals surface area contributed by atoms with Crippen molar-refractivity contribution in [2.75, 3.05) is 50.8 Å². The Morgan fingerprint density at radius 2 is 1.96 bits per heavy atom. The molecule has 0 saturated carbocycles. The van der Waals surface area contributed by atoms with Gasteiger partial charge < -0.3 is 20.3 Å². The van der Waals surface area contributed by atoms with Crippen molar-refractivity contribution in [3.8, 4) is 0 Å². The van der Waals surface area contributed by atoms with Gasteiger partial charge in [0.25, 0.3) is 0 Å². The fraction of sp³-hybridized carbons (Fsp3) is 0.556. The van der Waals surface area contributed by atoms with Crippen LogP contribution >= 0.6 is 0 Å². The van der Waals surface area contributed by atoms with Gasteiger partial charge in [-0.15, -0.1) is 0 Å². The van der Waals surface area contributed by atoms with E-state index in [9.17, 15) is 9.59 Å². The van der Waals surface area contributed by atoms with Gasteiger partial charge in [-0.2, -0.15) is 0 Å². The number of anilines is 1. The van der Waals surface area contributed by atoms with Gasteiger partial charge in [-0.05, 0) is 19.1 Å². The lowest BCUT2D eigenvalue weighted by molar-refractivity contribution is -0.117. The van der Waals surface area contributed by atoms with Gasteiger partial charge in [0.2, 0.25) is 5.91 Å². The third-order valence-corrected chi connectivity index (χ3v) is 4.62. The van der Waals surface area contributed by atoms with Crippen LogP contribution < -0.4 is 15.5 Å². The van der Waals surface area contributed by atoms with E-state index in [1.165, 1.54) is 0 Å². The first-order chi connectivity index (χ1) is 12.1. The Labute approximate surface area is 148 Å². The molecule has 2 aliphatic rings. The number of morpholine rings is 1. The Balaban J connectivity index is 1.41. The van der Waals surface area contributed by atoms with Crippen LogP contribution in [0.3, 0.4) is 0 Å². The number of nitrogens with one attached hydrogen (secondary N) is 2. The number of rotatable bonds is 5. The van der Waals surface area contributed by atoms with Crippen molar-refractivity contribution in [1.29, 1.82) is 0 Å². The molecule has 1 aromatic rings. The summed E-state index contributed by atoms with van der Waals surface area (Å²) >= 11 is 0. The summed E-state index contributed by atoms with van der Waals surface area (Å²) in [6.07, 6.45) is 0.338. The van der Waals surface area contributed by atoms with Crippen LogP contribution in [0.1, 0.15) is 12.0 Å². The van der Waals surface area contributed by atoms with Crippen molar-refractivity contribution < 1.29 is 14.3 Å². The summed E-state index contributed by atoms with van der Waals surface area (Å²) in [6, 6.07) is 7.49. The highest BCUT2D eigenvalue weighted by atomic mass is 16.5. The quantitative estimate of drug-likeness (QED) is 0.824. The highest BCUT2D eigenvalue weighted by Gasteiger charge is 2.31. The van der Waals surface area contributed by atoms with Crippen LogP contribution in [0.4, 0.5) is 10.5 Å². The highest BCUT2D eigenvalue weighted by molar-refractivity contribution is 5.96. The summed E-state index contributed by atoms with van der Waals surface area (Å²) in [7, 11) is 0. The van der Waals surface area contributed by atoms with Gasteiger partial charge in [-0.3, -0.25) is 9.69 Å². The third-order valence-electron chi connectivity index (χ3n) is 4.62. The Bertz CT molecular complexity index is 599. The van der Waals surface area contributed by atoms with Gasteiger partial charge >= 0.3 is 6.03 Å². The van der Waals surface area contributed by atoms with Crippen LogP contribution in [0.25, 0.3) is 0 Å². The summed E-state index contributed by atoms with van der Waals surface area (Å²) in [5.74, 6) is 0.0440. The second kappa shape index (κ2) is 8.31. The van der Waals surface area contributed by atoms with Crippen molar-refractivity contribution in [2.45, 2.75) is 19.4 Å². The van der Waals surface area contributed by atoms with E-state index in [1.807, 2.05) is 31.2 Å². The summed E-state index contributed by atoms with van der Waals surface area (Å²) in [5.41, 5.74) is 2.04. The maximum atomic E-state index is 12.2. The smallest absolute Gasteiger partial charge is 0.315 e. The number of urea groups is 1. The van der Waals surface area contributed by atoms with Crippen LogP contribution in [0.5, 0.6) is 0 Å². The van der Waals surface area contributed by atoms with Gasteiger partial charge in [-0.25, -0.2) is 4.79 Å². The van der Waals surface area contributed by atoms with Crippen molar-refractivity contribution in [3.63, 3.8) is 0 Å². The number of hydrogen-bond donors (Lipinski definition) is 2. The minimum Gasteiger partial charge on any atom is -0.379 e. The number of aryl methyl sites for hydroxylation is 1. The molecule has 2 N–H and O–H groups in total. The standard InChI is InChI=1S/C18H26N4O3/c1-14-2-4-16(5-3-14)22-13-15(12-17(22)23)20-18(24)19-6-7-21-8-10-25-11-9-21/h2-5,15H,6-13H2,1H3,(H2,19,20,24). The Morgan fingerprint density at radius 3 is 2.68 bits per heavy atom. The van der Waals surface area contributed by atoms with Gasteiger partial charge in [-0.1, -0.05) is 17.7 Å². The summed E-state index contributed by atoms with van der Waals surface area (Å²) < 4.78 is 5.30. The van der Waals surface area contributed by atoms with E-state index in [4.69, 9.17) is 4.74 Å². The molecular formula is C18H26N4O3. The van der Waals surface area contributed by atoms with E-state index >= 15 is 0 Å². The lowest BCUT2D eigenvalue weighted by Gasteiger charge is -2.26. The second-order valence-electron chi connectivity index (χ2n) is 6.60. The SMILES string of the molecule is Cc1ccc(N2CC(NC(=O)NCCN3CCOCC3)CC2=O)cc1. The molecule has 3 amide bonds. The fourth-order valence-electron chi connectivity index (χ4n) is 3.17. The molecule has 3 rings (SSSR count). The lowest BCUT2D eigenvalue weighted by atomic mass is 10.2.